The van der Waals surface area contributed by atoms with Gasteiger partial charge in [0.05, 0.1) is 5.39 Å². The average Bonchev–Trinajstić information content (AvgIpc) is 2.47. The van der Waals surface area contributed by atoms with Crippen molar-refractivity contribution in [1.82, 2.24) is 0 Å². The van der Waals surface area contributed by atoms with E-state index in [1.165, 1.54) is 0 Å². The van der Waals surface area contributed by atoms with E-state index < -0.39 is 23.4 Å². The molecule has 1 aromatic carbocycles. The smallest absolute Gasteiger partial charge is 0.371 e. The number of hydrogen-bond acceptors (Lipinski definition) is 2. The van der Waals surface area contributed by atoms with Gasteiger partial charge in [-0.3, -0.25) is 0 Å². The Bertz CT molecular complexity index is 516. The Hall–Kier alpha value is -1.91. The van der Waals surface area contributed by atoms with Crippen LogP contribution in [0, 0.1) is 11.6 Å². The van der Waals surface area contributed by atoms with E-state index in [1.54, 1.807) is 0 Å². The average molecular weight is 198 g/mol. The summed E-state index contributed by atoms with van der Waals surface area (Å²) in [6.07, 6.45) is 0. The molecule has 0 unspecified atom stereocenters. The molecule has 0 spiro atoms. The number of hydrogen-bond donors (Lipinski definition) is 1. The predicted molar refractivity (Wildman–Crippen MR) is 43.1 cm³/mol. The first-order valence-corrected chi connectivity index (χ1v) is 3.70. The molecule has 72 valence electrons. The lowest BCUT2D eigenvalue weighted by molar-refractivity contribution is 0.0665. The Balaban J connectivity index is 2.76. The number of carbonyl (C=O) groups is 1. The minimum absolute atomic E-state index is 0.0381. The zero-order valence-electron chi connectivity index (χ0n) is 6.75. The number of fused-ring (bicyclic) bond motifs is 1. The van der Waals surface area contributed by atoms with Crippen LogP contribution in [-0.2, 0) is 0 Å². The highest BCUT2D eigenvalue weighted by atomic mass is 19.1. The van der Waals surface area contributed by atoms with Crippen LogP contribution in [-0.4, -0.2) is 11.1 Å². The summed E-state index contributed by atoms with van der Waals surface area (Å²) in [6, 6.07) is 2.63. The molecule has 0 radical (unpaired) electrons. The summed E-state index contributed by atoms with van der Waals surface area (Å²) < 4.78 is 30.4. The minimum Gasteiger partial charge on any atom is -0.475 e. The van der Waals surface area contributed by atoms with Crippen molar-refractivity contribution in [2.75, 3.05) is 0 Å². The number of carboxylic acid groups (broad SMARTS) is 1. The zero-order chi connectivity index (χ0) is 10.3. The molecule has 1 aromatic heterocycles. The van der Waals surface area contributed by atoms with Crippen LogP contribution in [0.3, 0.4) is 0 Å². The van der Waals surface area contributed by atoms with E-state index >= 15 is 0 Å². The fraction of sp³-hybridized carbons (Fsp3) is 0. The van der Waals surface area contributed by atoms with E-state index in [9.17, 15) is 13.6 Å². The molecule has 0 fully saturated rings. The summed E-state index contributed by atoms with van der Waals surface area (Å²) in [4.78, 5) is 10.5. The maximum absolute atomic E-state index is 13.0. The minimum atomic E-state index is -1.32. The van der Waals surface area contributed by atoms with Crippen molar-refractivity contribution in [2.24, 2.45) is 0 Å². The molecule has 0 aliphatic rings. The van der Waals surface area contributed by atoms with Crippen LogP contribution in [0.25, 0.3) is 11.0 Å². The van der Waals surface area contributed by atoms with Gasteiger partial charge in [0.15, 0.2) is 0 Å². The molecule has 2 rings (SSSR count). The first-order valence-electron chi connectivity index (χ1n) is 3.70. The second kappa shape index (κ2) is 2.80. The molecule has 0 saturated heterocycles. The van der Waals surface area contributed by atoms with Crippen molar-refractivity contribution in [3.05, 3.63) is 35.6 Å². The highest BCUT2D eigenvalue weighted by Crippen LogP contribution is 2.23. The van der Waals surface area contributed by atoms with Crippen LogP contribution >= 0.6 is 0 Å². The molecule has 1 N–H and O–H groups in total. The molecule has 0 bridgehead atoms. The molecule has 14 heavy (non-hydrogen) atoms. The maximum atomic E-state index is 13.0. The molecule has 0 aliphatic heterocycles. The van der Waals surface area contributed by atoms with E-state index in [4.69, 9.17) is 9.52 Å². The summed E-state index contributed by atoms with van der Waals surface area (Å²) in [5, 5.41) is 8.50. The summed E-state index contributed by atoms with van der Waals surface area (Å²) in [6.45, 7) is 0. The molecular formula is C9H4F2O3. The van der Waals surface area contributed by atoms with Gasteiger partial charge in [-0.2, -0.15) is 0 Å². The molecule has 2 aromatic rings. The monoisotopic (exact) mass is 198 g/mol. The molecule has 0 aliphatic carbocycles. The Morgan fingerprint density at radius 3 is 2.64 bits per heavy atom. The van der Waals surface area contributed by atoms with Crippen LogP contribution in [0.4, 0.5) is 8.78 Å². The zero-order valence-corrected chi connectivity index (χ0v) is 6.75. The third kappa shape index (κ3) is 1.22. The van der Waals surface area contributed by atoms with Gasteiger partial charge in [-0.15, -0.1) is 0 Å². The van der Waals surface area contributed by atoms with Gasteiger partial charge in [0.2, 0.25) is 5.76 Å². The standard InChI is InChI=1S/C9H4F2O3/c10-4-1-6(11)5-3-8(9(12)13)14-7(5)2-4/h1-3H,(H,12,13). The quantitative estimate of drug-likeness (QED) is 0.765. The summed E-state index contributed by atoms with van der Waals surface area (Å²) >= 11 is 0. The second-order valence-corrected chi connectivity index (χ2v) is 2.72. The second-order valence-electron chi connectivity index (χ2n) is 2.72. The van der Waals surface area contributed by atoms with E-state index in [1.807, 2.05) is 0 Å². The summed E-state index contributed by atoms with van der Waals surface area (Å²) in [5.74, 6) is -3.37. The van der Waals surface area contributed by atoms with Crippen LogP contribution in [0.5, 0.6) is 0 Å². The van der Waals surface area contributed by atoms with Crippen molar-refractivity contribution in [1.29, 1.82) is 0 Å². The van der Waals surface area contributed by atoms with Gasteiger partial charge >= 0.3 is 5.97 Å². The summed E-state index contributed by atoms with van der Waals surface area (Å²) in [5.41, 5.74) is -0.111. The molecule has 5 heteroatoms. The highest BCUT2D eigenvalue weighted by Gasteiger charge is 2.14. The molecule has 0 amide bonds. The normalized spacial score (nSPS) is 10.7. The van der Waals surface area contributed by atoms with Crippen molar-refractivity contribution >= 4 is 16.9 Å². The fourth-order valence-electron chi connectivity index (χ4n) is 1.17. The first-order chi connectivity index (χ1) is 6.58. The van der Waals surface area contributed by atoms with Gasteiger partial charge in [0.1, 0.15) is 17.2 Å². The molecule has 0 atom stereocenters. The number of aromatic carboxylic acids is 1. The lowest BCUT2D eigenvalue weighted by Crippen LogP contribution is -1.91. The Kier molecular flexibility index (Phi) is 1.73. The van der Waals surface area contributed by atoms with Crippen LogP contribution < -0.4 is 0 Å². The van der Waals surface area contributed by atoms with Crippen molar-refractivity contribution < 1.29 is 23.1 Å². The van der Waals surface area contributed by atoms with Gasteiger partial charge in [-0.1, -0.05) is 0 Å². The summed E-state index contributed by atoms with van der Waals surface area (Å²) in [7, 11) is 0. The van der Waals surface area contributed by atoms with E-state index in [0.717, 1.165) is 12.1 Å². The largest absolute Gasteiger partial charge is 0.475 e. The molecule has 3 nitrogen and oxygen atoms in total. The van der Waals surface area contributed by atoms with Gasteiger partial charge < -0.3 is 9.52 Å². The van der Waals surface area contributed by atoms with Crippen molar-refractivity contribution in [3.8, 4) is 0 Å². The van der Waals surface area contributed by atoms with Gasteiger partial charge in [0.25, 0.3) is 0 Å². The maximum Gasteiger partial charge on any atom is 0.371 e. The third-order valence-electron chi connectivity index (χ3n) is 1.76. The fourth-order valence-corrected chi connectivity index (χ4v) is 1.17. The van der Waals surface area contributed by atoms with Crippen molar-refractivity contribution in [3.63, 3.8) is 0 Å². The Morgan fingerprint density at radius 1 is 1.29 bits per heavy atom. The Labute approximate surface area is 76.6 Å². The number of furan rings is 1. The number of halogens is 2. The van der Waals surface area contributed by atoms with Gasteiger partial charge in [-0.05, 0) is 0 Å². The number of carboxylic acids is 1. The highest BCUT2D eigenvalue weighted by molar-refractivity contribution is 5.91. The number of benzene rings is 1. The van der Waals surface area contributed by atoms with E-state index in [-0.39, 0.29) is 11.0 Å². The van der Waals surface area contributed by atoms with Crippen LogP contribution in [0.15, 0.2) is 22.6 Å². The molecule has 0 saturated carbocycles. The topological polar surface area (TPSA) is 50.4 Å². The van der Waals surface area contributed by atoms with Crippen molar-refractivity contribution in [2.45, 2.75) is 0 Å². The molecule has 1 heterocycles. The Morgan fingerprint density at radius 2 is 2.00 bits per heavy atom. The van der Waals surface area contributed by atoms with E-state index in [0.29, 0.717) is 6.07 Å². The van der Waals surface area contributed by atoms with Crippen LogP contribution in [0.2, 0.25) is 0 Å². The van der Waals surface area contributed by atoms with Gasteiger partial charge in [-0.25, -0.2) is 13.6 Å². The van der Waals surface area contributed by atoms with Crippen LogP contribution in [0.1, 0.15) is 10.6 Å². The third-order valence-corrected chi connectivity index (χ3v) is 1.76. The first kappa shape index (κ1) is 8.68. The lowest BCUT2D eigenvalue weighted by Gasteiger charge is -1.90. The number of rotatable bonds is 1. The van der Waals surface area contributed by atoms with Gasteiger partial charge in [0, 0.05) is 18.2 Å². The predicted octanol–water partition coefficient (Wildman–Crippen LogP) is 2.41. The lowest BCUT2D eigenvalue weighted by atomic mass is 10.2. The van der Waals surface area contributed by atoms with E-state index in [2.05, 4.69) is 0 Å². The molecular weight excluding hydrogens is 194 g/mol. The SMILES string of the molecule is O=C(O)c1cc2c(F)cc(F)cc2o1.